The second-order valence-corrected chi connectivity index (χ2v) is 7.68. The summed E-state index contributed by atoms with van der Waals surface area (Å²) in [6, 6.07) is 21.0. The van der Waals surface area contributed by atoms with Gasteiger partial charge in [0.05, 0.1) is 5.69 Å². The highest BCUT2D eigenvalue weighted by Crippen LogP contribution is 2.50. The molecule has 0 atom stereocenters. The molecule has 6 nitrogen and oxygen atoms in total. The van der Waals surface area contributed by atoms with Crippen LogP contribution >= 0.6 is 7.60 Å². The molecular weight excluding hydrogens is 361 g/mol. The van der Waals surface area contributed by atoms with Crippen molar-refractivity contribution in [3.8, 4) is 11.5 Å². The van der Waals surface area contributed by atoms with Crippen LogP contribution < -0.4 is 14.4 Å². The van der Waals surface area contributed by atoms with Crippen LogP contribution in [0.5, 0.6) is 11.5 Å². The Morgan fingerprint density at radius 3 is 1.85 bits per heavy atom. The van der Waals surface area contributed by atoms with E-state index in [2.05, 4.69) is 10.0 Å². The van der Waals surface area contributed by atoms with Gasteiger partial charge in [-0.05, 0) is 54.8 Å². The Morgan fingerprint density at radius 2 is 1.37 bits per heavy atom. The number of nitrogens with zero attached hydrogens (tertiary/aromatic N) is 3. The highest BCUT2D eigenvalue weighted by molar-refractivity contribution is 7.63. The molecule has 0 aromatic heterocycles. The molecule has 0 saturated heterocycles. The van der Waals surface area contributed by atoms with Gasteiger partial charge in [0.1, 0.15) is 16.8 Å². The molecule has 0 amide bonds. The van der Waals surface area contributed by atoms with Crippen molar-refractivity contribution < 1.29 is 13.6 Å². The molecule has 0 aliphatic carbocycles. The lowest BCUT2D eigenvalue weighted by Crippen LogP contribution is -2.19. The Morgan fingerprint density at radius 1 is 0.852 bits per heavy atom. The number of aryl methyl sites for hydroxylation is 1. The summed E-state index contributed by atoms with van der Waals surface area (Å²) in [6.07, 6.45) is 0. The van der Waals surface area contributed by atoms with Crippen LogP contribution in [0.25, 0.3) is 10.4 Å². The first-order chi connectivity index (χ1) is 13.0. The van der Waals surface area contributed by atoms with E-state index in [0.717, 1.165) is 5.56 Å². The van der Waals surface area contributed by atoms with Crippen LogP contribution in [-0.2, 0) is 4.57 Å². The molecule has 0 aliphatic rings. The Labute approximate surface area is 157 Å². The van der Waals surface area contributed by atoms with Crippen LogP contribution in [0.4, 0.5) is 5.69 Å². The molecule has 0 saturated carbocycles. The fourth-order valence-corrected chi connectivity index (χ4v) is 4.62. The molecule has 0 fully saturated rings. The number of hydrogen-bond donors (Lipinski definition) is 0. The third-order valence-corrected chi connectivity index (χ3v) is 6.06. The predicted octanol–water partition coefficient (Wildman–Crippen LogP) is 6.22. The molecule has 0 aliphatic heterocycles. The minimum atomic E-state index is -3.91. The number of rotatable bonds is 6. The van der Waals surface area contributed by atoms with Gasteiger partial charge in [-0.3, -0.25) is 0 Å². The third kappa shape index (κ3) is 4.14. The topological polar surface area (TPSA) is 84.3 Å². The lowest BCUT2D eigenvalue weighted by Gasteiger charge is -2.23. The predicted molar refractivity (Wildman–Crippen MR) is 106 cm³/mol. The van der Waals surface area contributed by atoms with E-state index in [1.165, 1.54) is 0 Å². The number of hydrogen-bond acceptors (Lipinski definition) is 4. The van der Waals surface area contributed by atoms with Gasteiger partial charge in [-0.25, -0.2) is 4.57 Å². The van der Waals surface area contributed by atoms with Crippen molar-refractivity contribution in [3.63, 3.8) is 0 Å². The van der Waals surface area contributed by atoms with Crippen LogP contribution in [-0.4, -0.2) is 0 Å². The minimum absolute atomic E-state index is 0.218. The molecule has 0 spiro atoms. The first-order valence-corrected chi connectivity index (χ1v) is 9.83. The Balaban J connectivity index is 2.20. The van der Waals surface area contributed by atoms with E-state index < -0.39 is 7.60 Å². The van der Waals surface area contributed by atoms with Crippen molar-refractivity contribution in [2.24, 2.45) is 5.11 Å². The van der Waals surface area contributed by atoms with Gasteiger partial charge < -0.3 is 9.05 Å². The number of azide groups is 1. The zero-order valence-corrected chi connectivity index (χ0v) is 15.8. The maximum atomic E-state index is 14.0. The molecule has 0 N–H and O–H groups in total. The Bertz CT molecular complexity index is 988. The van der Waals surface area contributed by atoms with Crippen molar-refractivity contribution in [2.45, 2.75) is 13.8 Å². The molecule has 7 heteroatoms. The minimum Gasteiger partial charge on any atom is -0.413 e. The van der Waals surface area contributed by atoms with Gasteiger partial charge in [0.2, 0.25) is 0 Å². The monoisotopic (exact) mass is 379 g/mol. The molecule has 0 radical (unpaired) electrons. The molecular formula is C20H18N3O3P. The lowest BCUT2D eigenvalue weighted by atomic mass is 10.1. The second-order valence-electron chi connectivity index (χ2n) is 5.87. The summed E-state index contributed by atoms with van der Waals surface area (Å²) >= 11 is 0. The first-order valence-electron chi connectivity index (χ1n) is 8.29. The quantitative estimate of drug-likeness (QED) is 0.220. The smallest absolute Gasteiger partial charge is 0.413 e. The Hall–Kier alpha value is -3.20. The highest BCUT2D eigenvalue weighted by atomic mass is 31.2. The molecule has 0 heterocycles. The van der Waals surface area contributed by atoms with Crippen LogP contribution in [0, 0.1) is 13.8 Å². The average Bonchev–Trinajstić information content (AvgIpc) is 2.66. The van der Waals surface area contributed by atoms with Gasteiger partial charge in [0.15, 0.2) is 0 Å². The average molecular weight is 379 g/mol. The summed E-state index contributed by atoms with van der Waals surface area (Å²) < 4.78 is 25.7. The number of para-hydroxylation sites is 2. The van der Waals surface area contributed by atoms with Gasteiger partial charge in [-0.2, -0.15) is 0 Å². The fourth-order valence-electron chi connectivity index (χ4n) is 2.61. The van der Waals surface area contributed by atoms with Crippen molar-refractivity contribution in [1.82, 2.24) is 0 Å². The van der Waals surface area contributed by atoms with Crippen molar-refractivity contribution in [2.75, 3.05) is 0 Å². The first kappa shape index (κ1) is 18.6. The largest absolute Gasteiger partial charge is 0.463 e. The maximum absolute atomic E-state index is 14.0. The van der Waals surface area contributed by atoms with E-state index >= 15 is 0 Å². The highest BCUT2D eigenvalue weighted by Gasteiger charge is 2.36. The van der Waals surface area contributed by atoms with Gasteiger partial charge in [-0.1, -0.05) is 53.6 Å². The van der Waals surface area contributed by atoms with Gasteiger partial charge in [0, 0.05) is 4.91 Å². The second kappa shape index (κ2) is 8.00. The molecule has 27 heavy (non-hydrogen) atoms. The van der Waals surface area contributed by atoms with Gasteiger partial charge >= 0.3 is 7.60 Å². The molecule has 0 bridgehead atoms. The van der Waals surface area contributed by atoms with Crippen molar-refractivity contribution in [1.29, 1.82) is 0 Å². The van der Waals surface area contributed by atoms with E-state index in [-0.39, 0.29) is 11.0 Å². The zero-order chi connectivity index (χ0) is 19.3. The van der Waals surface area contributed by atoms with Gasteiger partial charge in [0.25, 0.3) is 0 Å². The lowest BCUT2D eigenvalue weighted by molar-refractivity contribution is 0.399. The normalized spacial score (nSPS) is 10.7. The summed E-state index contributed by atoms with van der Waals surface area (Å²) in [5.74, 6) is 0.786. The SMILES string of the molecule is Cc1ccc(N=[N+]=[N-])c(P(=O)(Oc2ccccc2)Oc2ccccc2)c1C. The summed E-state index contributed by atoms with van der Waals surface area (Å²) in [6.45, 7) is 3.69. The zero-order valence-electron chi connectivity index (χ0n) is 14.9. The van der Waals surface area contributed by atoms with E-state index in [0.29, 0.717) is 17.1 Å². The van der Waals surface area contributed by atoms with E-state index in [1.54, 1.807) is 67.6 Å². The molecule has 3 rings (SSSR count). The third-order valence-electron chi connectivity index (χ3n) is 4.04. The van der Waals surface area contributed by atoms with Crippen LogP contribution in [0.15, 0.2) is 77.9 Å². The molecule has 0 unspecified atom stereocenters. The Kier molecular flexibility index (Phi) is 5.51. The molecule has 3 aromatic rings. The fraction of sp³-hybridized carbons (Fsp3) is 0.100. The van der Waals surface area contributed by atoms with Crippen molar-refractivity contribution in [3.05, 3.63) is 94.4 Å². The summed E-state index contributed by atoms with van der Waals surface area (Å²) in [4.78, 5) is 2.86. The van der Waals surface area contributed by atoms with Crippen LogP contribution in [0.1, 0.15) is 11.1 Å². The van der Waals surface area contributed by atoms with Crippen LogP contribution in [0.3, 0.4) is 0 Å². The van der Waals surface area contributed by atoms with Crippen molar-refractivity contribution >= 4 is 18.6 Å². The summed E-state index contributed by atoms with van der Waals surface area (Å²) in [7, 11) is -3.91. The molecule has 136 valence electrons. The van der Waals surface area contributed by atoms with Gasteiger partial charge in [-0.15, -0.1) is 0 Å². The maximum Gasteiger partial charge on any atom is 0.463 e. The summed E-state index contributed by atoms with van der Waals surface area (Å²) in [5, 5.41) is 3.96. The van der Waals surface area contributed by atoms with E-state index in [9.17, 15) is 4.57 Å². The van der Waals surface area contributed by atoms with E-state index in [4.69, 9.17) is 14.6 Å². The van der Waals surface area contributed by atoms with E-state index in [1.807, 2.05) is 19.1 Å². The standard InChI is InChI=1S/C20H18N3O3P/c1-15-13-14-19(22-23-21)20(16(15)2)27(24,25-17-9-5-3-6-10-17)26-18-11-7-4-8-12-18/h3-14H,1-2H3. The number of benzene rings is 3. The van der Waals surface area contributed by atoms with Crippen LogP contribution in [0.2, 0.25) is 0 Å². The molecule has 3 aromatic carbocycles. The summed E-state index contributed by atoms with van der Waals surface area (Å²) in [5.41, 5.74) is 10.7.